The van der Waals surface area contributed by atoms with Crippen LogP contribution in [0, 0.1) is 11.8 Å². The molecule has 148 valence electrons. The van der Waals surface area contributed by atoms with E-state index in [2.05, 4.69) is 22.5 Å². The summed E-state index contributed by atoms with van der Waals surface area (Å²) in [4.78, 5) is 28.7. The Morgan fingerprint density at radius 2 is 2.11 bits per heavy atom. The van der Waals surface area contributed by atoms with Gasteiger partial charge in [0.15, 0.2) is 0 Å². The molecule has 1 aromatic carbocycles. The van der Waals surface area contributed by atoms with Gasteiger partial charge < -0.3 is 15.2 Å². The summed E-state index contributed by atoms with van der Waals surface area (Å²) in [6.45, 7) is 2.91. The summed E-state index contributed by atoms with van der Waals surface area (Å²) < 4.78 is 2.00. The fourth-order valence-electron chi connectivity index (χ4n) is 4.78. The van der Waals surface area contributed by atoms with E-state index in [4.69, 9.17) is 0 Å². The predicted octanol–water partition coefficient (Wildman–Crippen LogP) is 2.74. The minimum Gasteiger partial charge on any atom is -0.353 e. The second-order valence-corrected chi connectivity index (χ2v) is 8.13. The predicted molar refractivity (Wildman–Crippen MR) is 107 cm³/mol. The third-order valence-corrected chi connectivity index (χ3v) is 6.30. The van der Waals surface area contributed by atoms with E-state index in [1.807, 2.05) is 35.0 Å². The van der Waals surface area contributed by atoms with Crippen molar-refractivity contribution < 1.29 is 9.59 Å². The number of nitrogens with zero attached hydrogens (tertiary/aromatic N) is 2. The highest BCUT2D eigenvalue weighted by atomic mass is 16.2. The number of piperidine rings is 1. The molecule has 2 aromatic rings. The zero-order valence-corrected chi connectivity index (χ0v) is 16.3. The number of nitrogens with one attached hydrogen (secondary N) is 2. The summed E-state index contributed by atoms with van der Waals surface area (Å²) in [6, 6.07) is 8.04. The Labute approximate surface area is 165 Å². The second kappa shape index (κ2) is 8.17. The Bertz CT molecular complexity index is 816. The Kier molecular flexibility index (Phi) is 5.46. The molecule has 0 radical (unpaired) electrons. The van der Waals surface area contributed by atoms with Crippen LogP contribution in [0.2, 0.25) is 0 Å². The number of amides is 2. The number of hydrogen-bond acceptors (Lipinski definition) is 3. The van der Waals surface area contributed by atoms with Gasteiger partial charge in [-0.3, -0.25) is 9.59 Å². The summed E-state index contributed by atoms with van der Waals surface area (Å²) in [5.74, 6) is 1.16. The topological polar surface area (TPSA) is 76.0 Å². The summed E-state index contributed by atoms with van der Waals surface area (Å²) >= 11 is 0. The molecule has 2 aliphatic rings. The highest BCUT2D eigenvalue weighted by Gasteiger charge is 2.40. The van der Waals surface area contributed by atoms with Crippen molar-refractivity contribution in [2.45, 2.75) is 57.7 Å². The minimum atomic E-state index is -0.0354. The number of aromatic nitrogens is 2. The molecule has 1 saturated carbocycles. The molecule has 1 aromatic heterocycles. The maximum atomic E-state index is 12.7. The van der Waals surface area contributed by atoms with Crippen LogP contribution in [0.5, 0.6) is 0 Å². The van der Waals surface area contributed by atoms with Crippen LogP contribution in [0.3, 0.4) is 0 Å². The van der Waals surface area contributed by atoms with Gasteiger partial charge in [-0.1, -0.05) is 25.5 Å². The number of imidazole rings is 1. The molecule has 28 heavy (non-hydrogen) atoms. The van der Waals surface area contributed by atoms with Crippen LogP contribution in [0.15, 0.2) is 43.0 Å². The lowest BCUT2D eigenvalue weighted by molar-refractivity contribution is -0.127. The van der Waals surface area contributed by atoms with Gasteiger partial charge in [-0.15, -0.1) is 0 Å². The zero-order valence-electron chi connectivity index (χ0n) is 16.3. The third kappa shape index (κ3) is 4.11. The summed E-state index contributed by atoms with van der Waals surface area (Å²) in [5, 5.41) is 6.33. The van der Waals surface area contributed by atoms with Crippen molar-refractivity contribution in [2.75, 3.05) is 0 Å². The second-order valence-electron chi connectivity index (χ2n) is 8.13. The van der Waals surface area contributed by atoms with Crippen LogP contribution >= 0.6 is 0 Å². The first-order chi connectivity index (χ1) is 13.6. The molecule has 2 amide bonds. The monoisotopic (exact) mass is 380 g/mol. The van der Waals surface area contributed by atoms with Gasteiger partial charge >= 0.3 is 0 Å². The number of carbonyl (C=O) groups excluding carboxylic acids is 2. The molecule has 4 unspecified atom stereocenters. The number of benzene rings is 1. The van der Waals surface area contributed by atoms with Gasteiger partial charge in [-0.25, -0.2) is 4.98 Å². The fraction of sp³-hybridized carbons (Fsp3) is 0.500. The van der Waals surface area contributed by atoms with Crippen LogP contribution in [0.1, 0.15) is 54.9 Å². The zero-order chi connectivity index (χ0) is 19.5. The molecule has 1 aliphatic carbocycles. The van der Waals surface area contributed by atoms with Gasteiger partial charge in [0.05, 0.1) is 6.33 Å². The lowest BCUT2D eigenvalue weighted by Crippen LogP contribution is -2.55. The summed E-state index contributed by atoms with van der Waals surface area (Å²) in [6.07, 6.45) is 10.0. The Morgan fingerprint density at radius 1 is 1.29 bits per heavy atom. The van der Waals surface area contributed by atoms with Crippen LogP contribution in [-0.4, -0.2) is 33.4 Å². The van der Waals surface area contributed by atoms with E-state index in [1.165, 1.54) is 0 Å². The lowest BCUT2D eigenvalue weighted by Gasteiger charge is -2.44. The van der Waals surface area contributed by atoms with Crippen molar-refractivity contribution in [1.82, 2.24) is 20.2 Å². The van der Waals surface area contributed by atoms with Crippen molar-refractivity contribution in [3.63, 3.8) is 0 Å². The van der Waals surface area contributed by atoms with Crippen molar-refractivity contribution in [1.29, 1.82) is 0 Å². The van der Waals surface area contributed by atoms with Gasteiger partial charge in [-0.05, 0) is 48.8 Å². The van der Waals surface area contributed by atoms with Crippen LogP contribution in [-0.2, 0) is 11.3 Å². The number of rotatable bonds is 5. The van der Waals surface area contributed by atoms with E-state index in [-0.39, 0.29) is 23.9 Å². The molecule has 1 saturated heterocycles. The third-order valence-electron chi connectivity index (χ3n) is 6.30. The van der Waals surface area contributed by atoms with Crippen LogP contribution in [0.25, 0.3) is 0 Å². The Balaban J connectivity index is 1.34. The van der Waals surface area contributed by atoms with Crippen molar-refractivity contribution in [3.8, 4) is 0 Å². The van der Waals surface area contributed by atoms with E-state index in [0.717, 1.165) is 37.8 Å². The normalized spacial score (nSPS) is 27.0. The van der Waals surface area contributed by atoms with Crippen molar-refractivity contribution >= 4 is 11.8 Å². The molecule has 2 N–H and O–H groups in total. The largest absolute Gasteiger partial charge is 0.353 e. The van der Waals surface area contributed by atoms with Gasteiger partial charge in [0, 0.05) is 43.0 Å². The van der Waals surface area contributed by atoms with Gasteiger partial charge in [-0.2, -0.15) is 0 Å². The SMILES string of the molecule is CCC1CC(=O)NC2CC(NC(=O)c3ccc(Cn4ccnc4)cc3)CCC12. The molecular formula is C22H28N4O2. The molecule has 0 bridgehead atoms. The quantitative estimate of drug-likeness (QED) is 0.837. The smallest absolute Gasteiger partial charge is 0.251 e. The maximum Gasteiger partial charge on any atom is 0.251 e. The molecule has 6 heteroatoms. The van der Waals surface area contributed by atoms with Crippen molar-refractivity contribution in [2.24, 2.45) is 11.8 Å². The maximum absolute atomic E-state index is 12.7. The van der Waals surface area contributed by atoms with E-state index in [0.29, 0.717) is 23.8 Å². The van der Waals surface area contributed by atoms with Crippen LogP contribution in [0.4, 0.5) is 0 Å². The highest BCUT2D eigenvalue weighted by molar-refractivity contribution is 5.94. The minimum absolute atomic E-state index is 0.0354. The van der Waals surface area contributed by atoms with E-state index in [9.17, 15) is 9.59 Å². The lowest BCUT2D eigenvalue weighted by atomic mass is 9.70. The molecular weight excluding hydrogens is 352 g/mol. The average molecular weight is 380 g/mol. The highest BCUT2D eigenvalue weighted by Crippen LogP contribution is 2.37. The number of carbonyl (C=O) groups is 2. The number of fused-ring (bicyclic) bond motifs is 1. The first kappa shape index (κ1) is 18.7. The Morgan fingerprint density at radius 3 is 2.82 bits per heavy atom. The molecule has 2 fully saturated rings. The number of hydrogen-bond donors (Lipinski definition) is 2. The van der Waals surface area contributed by atoms with Crippen molar-refractivity contribution in [3.05, 3.63) is 54.1 Å². The molecule has 0 spiro atoms. The molecule has 1 aliphatic heterocycles. The first-order valence-corrected chi connectivity index (χ1v) is 10.3. The summed E-state index contributed by atoms with van der Waals surface area (Å²) in [5.41, 5.74) is 1.81. The van der Waals surface area contributed by atoms with Gasteiger partial charge in [0.25, 0.3) is 5.91 Å². The fourth-order valence-corrected chi connectivity index (χ4v) is 4.78. The summed E-state index contributed by atoms with van der Waals surface area (Å²) in [7, 11) is 0. The van der Waals surface area contributed by atoms with E-state index < -0.39 is 0 Å². The van der Waals surface area contributed by atoms with Gasteiger partial charge in [0.2, 0.25) is 5.91 Å². The molecule has 4 atom stereocenters. The molecule has 4 rings (SSSR count). The molecule has 6 nitrogen and oxygen atoms in total. The van der Waals surface area contributed by atoms with E-state index >= 15 is 0 Å². The first-order valence-electron chi connectivity index (χ1n) is 10.3. The standard InChI is InChI=1S/C22H28N4O2/c1-2-16-11-21(27)25-20-12-18(7-8-19(16)20)24-22(28)17-5-3-15(4-6-17)13-26-10-9-23-14-26/h3-6,9-10,14,16,18-20H,2,7-8,11-13H2,1H3,(H,24,28)(H,25,27). The van der Waals surface area contributed by atoms with Gasteiger partial charge in [0.1, 0.15) is 0 Å². The van der Waals surface area contributed by atoms with Crippen LogP contribution < -0.4 is 10.6 Å². The molecule has 2 heterocycles. The average Bonchev–Trinajstić information content (AvgIpc) is 3.20. The van der Waals surface area contributed by atoms with E-state index in [1.54, 1.807) is 12.5 Å². The Hall–Kier alpha value is -2.63.